The minimum atomic E-state index is -2.48. The summed E-state index contributed by atoms with van der Waals surface area (Å²) in [5.41, 5.74) is 0. The molecule has 0 spiro atoms. The SMILES string of the molecule is CCCCC(C[Si](OC)(OC)OC)OC. The highest BCUT2D eigenvalue weighted by atomic mass is 28.4. The summed E-state index contributed by atoms with van der Waals surface area (Å²) in [6.45, 7) is 2.17. The van der Waals surface area contributed by atoms with Gasteiger partial charge >= 0.3 is 8.80 Å². The highest BCUT2D eigenvalue weighted by Crippen LogP contribution is 2.20. The van der Waals surface area contributed by atoms with Crippen LogP contribution in [0.25, 0.3) is 0 Å². The summed E-state index contributed by atoms with van der Waals surface area (Å²) >= 11 is 0. The zero-order valence-corrected chi connectivity index (χ0v) is 11.5. The van der Waals surface area contributed by atoms with Crippen LogP contribution in [-0.2, 0) is 18.0 Å². The molecule has 0 bridgehead atoms. The van der Waals surface area contributed by atoms with E-state index in [4.69, 9.17) is 18.0 Å². The summed E-state index contributed by atoms with van der Waals surface area (Å²) in [5, 5.41) is 0. The average molecular weight is 236 g/mol. The second-order valence-corrected chi connectivity index (χ2v) is 6.50. The van der Waals surface area contributed by atoms with Crippen LogP contribution in [0.5, 0.6) is 0 Å². The van der Waals surface area contributed by atoms with E-state index in [1.807, 2.05) is 0 Å². The number of hydrogen-bond acceptors (Lipinski definition) is 4. The monoisotopic (exact) mass is 236 g/mol. The molecule has 0 aliphatic rings. The third kappa shape index (κ3) is 5.08. The van der Waals surface area contributed by atoms with E-state index in [1.165, 1.54) is 6.42 Å². The van der Waals surface area contributed by atoms with Crippen LogP contribution in [-0.4, -0.2) is 43.3 Å². The van der Waals surface area contributed by atoms with Gasteiger partial charge in [-0.15, -0.1) is 0 Å². The maximum atomic E-state index is 5.41. The Balaban J connectivity index is 4.21. The molecule has 0 aromatic heterocycles. The highest BCUT2D eigenvalue weighted by molar-refractivity contribution is 6.60. The van der Waals surface area contributed by atoms with Crippen molar-refractivity contribution in [1.29, 1.82) is 0 Å². The van der Waals surface area contributed by atoms with Crippen molar-refractivity contribution in [3.63, 3.8) is 0 Å². The van der Waals surface area contributed by atoms with E-state index in [0.717, 1.165) is 12.8 Å². The molecule has 15 heavy (non-hydrogen) atoms. The van der Waals surface area contributed by atoms with Crippen molar-refractivity contribution < 1.29 is 18.0 Å². The van der Waals surface area contributed by atoms with Crippen LogP contribution in [0.2, 0.25) is 6.04 Å². The van der Waals surface area contributed by atoms with Gasteiger partial charge in [0, 0.05) is 34.5 Å². The van der Waals surface area contributed by atoms with Gasteiger partial charge in [-0.05, 0) is 6.42 Å². The molecular formula is C10H24O4Si. The Labute approximate surface area is 94.2 Å². The quantitative estimate of drug-likeness (QED) is 0.574. The van der Waals surface area contributed by atoms with E-state index < -0.39 is 8.80 Å². The predicted octanol–water partition coefficient (Wildman–Crippen LogP) is 2.07. The van der Waals surface area contributed by atoms with Crippen LogP contribution in [0.4, 0.5) is 0 Å². The largest absolute Gasteiger partial charge is 0.502 e. The van der Waals surface area contributed by atoms with Crippen molar-refractivity contribution in [2.75, 3.05) is 28.4 Å². The second-order valence-electron chi connectivity index (χ2n) is 3.50. The normalized spacial score (nSPS) is 14.2. The van der Waals surface area contributed by atoms with Gasteiger partial charge in [0.2, 0.25) is 0 Å². The van der Waals surface area contributed by atoms with E-state index in [2.05, 4.69) is 6.92 Å². The van der Waals surface area contributed by atoms with Gasteiger partial charge in [-0.3, -0.25) is 0 Å². The molecule has 0 saturated carbocycles. The molecule has 5 heteroatoms. The molecule has 0 aliphatic heterocycles. The smallest absolute Gasteiger partial charge is 0.381 e. The Hall–Kier alpha value is 0.0569. The lowest BCUT2D eigenvalue weighted by molar-refractivity contribution is 0.0675. The Morgan fingerprint density at radius 2 is 1.53 bits per heavy atom. The van der Waals surface area contributed by atoms with Crippen molar-refractivity contribution in [1.82, 2.24) is 0 Å². The lowest BCUT2D eigenvalue weighted by Gasteiger charge is -2.28. The molecule has 0 amide bonds. The second kappa shape index (κ2) is 8.24. The molecule has 0 aromatic rings. The molecule has 92 valence electrons. The Kier molecular flexibility index (Phi) is 8.27. The molecule has 1 unspecified atom stereocenters. The van der Waals surface area contributed by atoms with Gasteiger partial charge in [0.05, 0.1) is 6.10 Å². The number of unbranched alkanes of at least 4 members (excludes halogenated alkanes) is 1. The van der Waals surface area contributed by atoms with E-state index in [9.17, 15) is 0 Å². The molecule has 0 aliphatic carbocycles. The maximum absolute atomic E-state index is 5.41. The molecule has 4 nitrogen and oxygen atoms in total. The predicted molar refractivity (Wildman–Crippen MR) is 61.9 cm³/mol. The number of ether oxygens (including phenoxy) is 1. The van der Waals surface area contributed by atoms with E-state index in [1.54, 1.807) is 28.4 Å². The standard InChI is InChI=1S/C10H24O4Si/c1-6-7-8-10(11-2)9-15(12-3,13-4)14-5/h10H,6-9H2,1-5H3. The summed E-state index contributed by atoms with van der Waals surface area (Å²) < 4.78 is 21.5. The average Bonchev–Trinajstić information content (AvgIpc) is 2.30. The van der Waals surface area contributed by atoms with Gasteiger partial charge in [0.25, 0.3) is 0 Å². The van der Waals surface area contributed by atoms with Gasteiger partial charge in [-0.2, -0.15) is 0 Å². The van der Waals surface area contributed by atoms with Crippen LogP contribution in [0.15, 0.2) is 0 Å². The summed E-state index contributed by atoms with van der Waals surface area (Å²) in [6.07, 6.45) is 3.51. The van der Waals surface area contributed by atoms with Gasteiger partial charge in [-0.25, -0.2) is 0 Å². The van der Waals surface area contributed by atoms with Crippen LogP contribution in [0.3, 0.4) is 0 Å². The molecule has 1 atom stereocenters. The molecule has 0 aromatic carbocycles. The van der Waals surface area contributed by atoms with Gasteiger partial charge in [0.1, 0.15) is 0 Å². The van der Waals surface area contributed by atoms with Crippen LogP contribution >= 0.6 is 0 Å². The van der Waals surface area contributed by atoms with Gasteiger partial charge in [-0.1, -0.05) is 19.8 Å². The first-order valence-electron chi connectivity index (χ1n) is 5.36. The Morgan fingerprint density at radius 1 is 1.00 bits per heavy atom. The summed E-state index contributed by atoms with van der Waals surface area (Å²) in [7, 11) is 4.14. The molecule has 0 heterocycles. The van der Waals surface area contributed by atoms with Crippen molar-refractivity contribution in [3.05, 3.63) is 0 Å². The zero-order chi connectivity index (χ0) is 11.7. The minimum absolute atomic E-state index is 0.163. The third-order valence-electron chi connectivity index (χ3n) is 2.62. The van der Waals surface area contributed by atoms with Crippen LogP contribution in [0, 0.1) is 0 Å². The van der Waals surface area contributed by atoms with Gasteiger partial charge < -0.3 is 18.0 Å². The first-order valence-corrected chi connectivity index (χ1v) is 7.29. The first-order chi connectivity index (χ1) is 7.17. The van der Waals surface area contributed by atoms with Crippen molar-refractivity contribution in [3.8, 4) is 0 Å². The van der Waals surface area contributed by atoms with Crippen molar-refractivity contribution >= 4 is 8.80 Å². The first kappa shape index (κ1) is 15.1. The van der Waals surface area contributed by atoms with Crippen LogP contribution < -0.4 is 0 Å². The summed E-state index contributed by atoms with van der Waals surface area (Å²) in [6, 6.07) is 0.715. The summed E-state index contributed by atoms with van der Waals surface area (Å²) in [4.78, 5) is 0. The minimum Gasteiger partial charge on any atom is -0.381 e. The fraction of sp³-hybridized carbons (Fsp3) is 1.00. The Morgan fingerprint density at radius 3 is 1.87 bits per heavy atom. The lowest BCUT2D eigenvalue weighted by atomic mass is 10.2. The number of hydrogen-bond donors (Lipinski definition) is 0. The Bertz CT molecular complexity index is 142. The molecule has 0 fully saturated rings. The maximum Gasteiger partial charge on any atom is 0.502 e. The summed E-state index contributed by atoms with van der Waals surface area (Å²) in [5.74, 6) is 0. The molecule has 0 radical (unpaired) electrons. The molecule has 0 N–H and O–H groups in total. The van der Waals surface area contributed by atoms with Crippen molar-refractivity contribution in [2.24, 2.45) is 0 Å². The van der Waals surface area contributed by atoms with Gasteiger partial charge in [0.15, 0.2) is 0 Å². The lowest BCUT2D eigenvalue weighted by Crippen LogP contribution is -2.45. The van der Waals surface area contributed by atoms with Crippen LogP contribution in [0.1, 0.15) is 26.2 Å². The molecular weight excluding hydrogens is 212 g/mol. The third-order valence-corrected chi connectivity index (χ3v) is 5.45. The van der Waals surface area contributed by atoms with E-state index >= 15 is 0 Å². The number of rotatable bonds is 9. The fourth-order valence-electron chi connectivity index (χ4n) is 1.51. The number of methoxy groups -OCH3 is 1. The van der Waals surface area contributed by atoms with E-state index in [0.29, 0.717) is 6.04 Å². The van der Waals surface area contributed by atoms with E-state index in [-0.39, 0.29) is 6.10 Å². The van der Waals surface area contributed by atoms with Crippen molar-refractivity contribution in [2.45, 2.75) is 38.3 Å². The fourth-order valence-corrected chi connectivity index (χ4v) is 3.44. The highest BCUT2D eigenvalue weighted by Gasteiger charge is 2.40. The molecule has 0 saturated heterocycles. The topological polar surface area (TPSA) is 36.9 Å². The zero-order valence-electron chi connectivity index (χ0n) is 10.5. The molecule has 0 rings (SSSR count).